The van der Waals surface area contributed by atoms with Crippen molar-refractivity contribution in [2.24, 2.45) is 11.8 Å². The van der Waals surface area contributed by atoms with Crippen LogP contribution in [-0.4, -0.2) is 37.6 Å². The fourth-order valence-electron chi connectivity index (χ4n) is 3.23. The molecule has 0 atom stereocenters. The lowest BCUT2D eigenvalue weighted by atomic mass is 9.85. The minimum absolute atomic E-state index is 1.03. The summed E-state index contributed by atoms with van der Waals surface area (Å²) >= 11 is 0. The van der Waals surface area contributed by atoms with Gasteiger partial charge >= 0.3 is 0 Å². The minimum atomic E-state index is 1.03. The molecular formula is C14H28N2. The number of nitrogens with one attached hydrogen (secondary N) is 1. The van der Waals surface area contributed by atoms with Crippen molar-refractivity contribution in [2.45, 2.75) is 45.4 Å². The molecule has 0 aromatic heterocycles. The molecule has 2 saturated heterocycles. The molecule has 2 heteroatoms. The van der Waals surface area contributed by atoms with Crippen molar-refractivity contribution in [3.8, 4) is 0 Å². The number of rotatable bonds is 4. The van der Waals surface area contributed by atoms with Crippen LogP contribution in [0.3, 0.4) is 0 Å². The summed E-state index contributed by atoms with van der Waals surface area (Å²) in [5, 5.41) is 3.46. The van der Waals surface area contributed by atoms with E-state index < -0.39 is 0 Å². The van der Waals surface area contributed by atoms with Gasteiger partial charge < -0.3 is 10.2 Å². The van der Waals surface area contributed by atoms with E-state index in [1.54, 1.807) is 0 Å². The van der Waals surface area contributed by atoms with Crippen LogP contribution < -0.4 is 5.32 Å². The molecule has 94 valence electrons. The van der Waals surface area contributed by atoms with Gasteiger partial charge in [-0.1, -0.05) is 19.8 Å². The van der Waals surface area contributed by atoms with Gasteiger partial charge in [-0.15, -0.1) is 0 Å². The van der Waals surface area contributed by atoms with E-state index in [9.17, 15) is 0 Å². The Balaban J connectivity index is 1.59. The highest BCUT2D eigenvalue weighted by Gasteiger charge is 2.20. The summed E-state index contributed by atoms with van der Waals surface area (Å²) in [6.45, 7) is 8.77. The zero-order valence-corrected chi connectivity index (χ0v) is 10.9. The summed E-state index contributed by atoms with van der Waals surface area (Å²) in [4.78, 5) is 2.60. The lowest BCUT2D eigenvalue weighted by molar-refractivity contribution is 0.177. The fraction of sp³-hybridized carbons (Fsp3) is 1.00. The van der Waals surface area contributed by atoms with Crippen LogP contribution in [-0.2, 0) is 0 Å². The Kier molecular flexibility index (Phi) is 5.11. The van der Waals surface area contributed by atoms with Gasteiger partial charge in [-0.05, 0) is 70.2 Å². The molecule has 0 saturated carbocycles. The van der Waals surface area contributed by atoms with Gasteiger partial charge in [-0.2, -0.15) is 0 Å². The maximum Gasteiger partial charge on any atom is -0.00162 e. The topological polar surface area (TPSA) is 15.3 Å². The summed E-state index contributed by atoms with van der Waals surface area (Å²) in [5.41, 5.74) is 0. The van der Waals surface area contributed by atoms with E-state index >= 15 is 0 Å². The lowest BCUT2D eigenvalue weighted by Crippen LogP contribution is -2.34. The zero-order valence-electron chi connectivity index (χ0n) is 10.9. The third kappa shape index (κ3) is 3.74. The standard InChI is InChI=1S/C14H28N2/c1-2-16-11-7-14(8-12-16)4-3-13-5-9-15-10-6-13/h13-15H,2-12H2,1H3. The largest absolute Gasteiger partial charge is 0.317 e. The molecule has 1 N–H and O–H groups in total. The van der Waals surface area contributed by atoms with E-state index in [1.165, 1.54) is 71.2 Å². The summed E-state index contributed by atoms with van der Waals surface area (Å²) in [6, 6.07) is 0. The second kappa shape index (κ2) is 6.61. The number of nitrogens with zero attached hydrogens (tertiary/aromatic N) is 1. The predicted octanol–water partition coefficient (Wildman–Crippen LogP) is 2.50. The Labute approximate surface area is 101 Å². The van der Waals surface area contributed by atoms with Gasteiger partial charge in [0.2, 0.25) is 0 Å². The first-order chi connectivity index (χ1) is 7.88. The SMILES string of the molecule is CCN1CCC(CCC2CCNCC2)CC1. The number of hydrogen-bond donors (Lipinski definition) is 1. The van der Waals surface area contributed by atoms with Crippen LogP contribution in [0.25, 0.3) is 0 Å². The van der Waals surface area contributed by atoms with Crippen molar-refractivity contribution < 1.29 is 0 Å². The molecule has 0 spiro atoms. The lowest BCUT2D eigenvalue weighted by Gasteiger charge is -2.32. The molecule has 0 amide bonds. The quantitative estimate of drug-likeness (QED) is 0.789. The molecule has 0 aromatic rings. The Bertz CT molecular complexity index is 179. The number of likely N-dealkylation sites (tertiary alicyclic amines) is 1. The number of hydrogen-bond acceptors (Lipinski definition) is 2. The molecule has 0 unspecified atom stereocenters. The van der Waals surface area contributed by atoms with Crippen LogP contribution in [0.4, 0.5) is 0 Å². The molecule has 0 aromatic carbocycles. The van der Waals surface area contributed by atoms with Crippen LogP contribution in [0.5, 0.6) is 0 Å². The molecule has 2 aliphatic heterocycles. The monoisotopic (exact) mass is 224 g/mol. The van der Waals surface area contributed by atoms with E-state index in [0.29, 0.717) is 0 Å². The van der Waals surface area contributed by atoms with E-state index in [0.717, 1.165) is 11.8 Å². The van der Waals surface area contributed by atoms with E-state index in [1.807, 2.05) is 0 Å². The predicted molar refractivity (Wildman–Crippen MR) is 69.7 cm³/mol. The fourth-order valence-corrected chi connectivity index (χ4v) is 3.23. The zero-order chi connectivity index (χ0) is 11.2. The molecule has 0 radical (unpaired) electrons. The van der Waals surface area contributed by atoms with E-state index in [2.05, 4.69) is 17.1 Å². The maximum absolute atomic E-state index is 3.46. The minimum Gasteiger partial charge on any atom is -0.317 e. The Morgan fingerprint density at radius 2 is 1.50 bits per heavy atom. The van der Waals surface area contributed by atoms with Crippen LogP contribution in [0, 0.1) is 11.8 Å². The first-order valence-electron chi connectivity index (χ1n) is 7.31. The highest BCUT2D eigenvalue weighted by Crippen LogP contribution is 2.26. The van der Waals surface area contributed by atoms with E-state index in [-0.39, 0.29) is 0 Å². The van der Waals surface area contributed by atoms with Crippen molar-refractivity contribution in [1.82, 2.24) is 10.2 Å². The second-order valence-corrected chi connectivity index (χ2v) is 5.65. The molecule has 2 heterocycles. The molecular weight excluding hydrogens is 196 g/mol. The second-order valence-electron chi connectivity index (χ2n) is 5.65. The van der Waals surface area contributed by atoms with Crippen LogP contribution >= 0.6 is 0 Å². The Morgan fingerprint density at radius 1 is 0.938 bits per heavy atom. The van der Waals surface area contributed by atoms with Crippen molar-refractivity contribution in [3.05, 3.63) is 0 Å². The van der Waals surface area contributed by atoms with Gasteiger partial charge in [-0.25, -0.2) is 0 Å². The average Bonchev–Trinajstić information content (AvgIpc) is 2.38. The normalized spacial score (nSPS) is 26.1. The molecule has 2 rings (SSSR count). The third-order valence-corrected chi connectivity index (χ3v) is 4.60. The maximum atomic E-state index is 3.46. The molecule has 2 fully saturated rings. The molecule has 16 heavy (non-hydrogen) atoms. The van der Waals surface area contributed by atoms with Gasteiger partial charge in [0.15, 0.2) is 0 Å². The summed E-state index contributed by atoms with van der Waals surface area (Å²) in [6.07, 6.45) is 8.76. The van der Waals surface area contributed by atoms with Crippen LogP contribution in [0.1, 0.15) is 45.4 Å². The Morgan fingerprint density at radius 3 is 2.06 bits per heavy atom. The van der Waals surface area contributed by atoms with Crippen molar-refractivity contribution in [3.63, 3.8) is 0 Å². The number of piperidine rings is 2. The van der Waals surface area contributed by atoms with Gasteiger partial charge in [0.1, 0.15) is 0 Å². The molecule has 2 aliphatic rings. The molecule has 0 bridgehead atoms. The third-order valence-electron chi connectivity index (χ3n) is 4.60. The van der Waals surface area contributed by atoms with Crippen LogP contribution in [0.2, 0.25) is 0 Å². The van der Waals surface area contributed by atoms with Crippen molar-refractivity contribution in [2.75, 3.05) is 32.7 Å². The Hall–Kier alpha value is -0.0800. The van der Waals surface area contributed by atoms with Crippen LogP contribution in [0.15, 0.2) is 0 Å². The molecule has 2 nitrogen and oxygen atoms in total. The average molecular weight is 224 g/mol. The van der Waals surface area contributed by atoms with E-state index in [4.69, 9.17) is 0 Å². The smallest absolute Gasteiger partial charge is 0.00162 e. The van der Waals surface area contributed by atoms with Gasteiger partial charge in [0, 0.05) is 0 Å². The molecule has 0 aliphatic carbocycles. The van der Waals surface area contributed by atoms with Crippen molar-refractivity contribution in [1.29, 1.82) is 0 Å². The van der Waals surface area contributed by atoms with Gasteiger partial charge in [0.05, 0.1) is 0 Å². The van der Waals surface area contributed by atoms with Crippen molar-refractivity contribution >= 4 is 0 Å². The summed E-state index contributed by atoms with van der Waals surface area (Å²) in [5.74, 6) is 2.07. The van der Waals surface area contributed by atoms with Gasteiger partial charge in [0.25, 0.3) is 0 Å². The first kappa shape index (κ1) is 12.4. The summed E-state index contributed by atoms with van der Waals surface area (Å²) in [7, 11) is 0. The summed E-state index contributed by atoms with van der Waals surface area (Å²) < 4.78 is 0. The van der Waals surface area contributed by atoms with Gasteiger partial charge in [-0.3, -0.25) is 0 Å². The first-order valence-corrected chi connectivity index (χ1v) is 7.31. The highest BCUT2D eigenvalue weighted by molar-refractivity contribution is 4.74. The highest BCUT2D eigenvalue weighted by atomic mass is 15.1.